The summed E-state index contributed by atoms with van der Waals surface area (Å²) >= 11 is 0. The van der Waals surface area contributed by atoms with Crippen LogP contribution in [0.15, 0.2) is 28.8 Å². The molecule has 1 N–H and O–H groups in total. The molecule has 108 valence electrons. The lowest BCUT2D eigenvalue weighted by molar-refractivity contribution is -0.384. The molecule has 3 rings (SSSR count). The number of anilines is 1. The van der Waals surface area contributed by atoms with E-state index in [1.165, 1.54) is 12.1 Å². The van der Waals surface area contributed by atoms with Crippen molar-refractivity contribution >= 4 is 22.8 Å². The Morgan fingerprint density at radius 3 is 2.95 bits per heavy atom. The van der Waals surface area contributed by atoms with Crippen LogP contribution >= 0.6 is 0 Å². The minimum Gasteiger partial charge on any atom is -0.424 e. The van der Waals surface area contributed by atoms with Gasteiger partial charge in [-0.1, -0.05) is 0 Å². The number of nitrogens with one attached hydrogen (secondary N) is 1. The summed E-state index contributed by atoms with van der Waals surface area (Å²) in [5, 5.41) is 17.9. The zero-order chi connectivity index (χ0) is 15.0. The smallest absolute Gasteiger partial charge is 0.295 e. The number of aryl methyl sites for hydroxylation is 1. The molecule has 1 aromatic carbocycles. The topological polar surface area (TPSA) is 99.0 Å². The molecular formula is C13H13N5O3. The average Bonchev–Trinajstić information content (AvgIpc) is 3.00. The minimum atomic E-state index is -0.458. The Morgan fingerprint density at radius 1 is 1.48 bits per heavy atom. The van der Waals surface area contributed by atoms with Crippen LogP contribution in [0.2, 0.25) is 0 Å². The van der Waals surface area contributed by atoms with Gasteiger partial charge in [0, 0.05) is 37.0 Å². The molecule has 8 nitrogen and oxygen atoms in total. The summed E-state index contributed by atoms with van der Waals surface area (Å²) in [6, 6.07) is 4.65. The summed E-state index contributed by atoms with van der Waals surface area (Å²) in [7, 11) is 1.87. The van der Waals surface area contributed by atoms with E-state index in [9.17, 15) is 10.1 Å². The number of fused-ring (bicyclic) bond motifs is 1. The van der Waals surface area contributed by atoms with E-state index in [0.717, 1.165) is 11.3 Å². The van der Waals surface area contributed by atoms with Gasteiger partial charge in [0.2, 0.25) is 0 Å². The highest BCUT2D eigenvalue weighted by molar-refractivity contribution is 5.77. The molecule has 0 radical (unpaired) electrons. The maximum Gasteiger partial charge on any atom is 0.295 e. The Balaban J connectivity index is 1.81. The summed E-state index contributed by atoms with van der Waals surface area (Å²) in [6.45, 7) is 2.49. The van der Waals surface area contributed by atoms with Gasteiger partial charge in [-0.25, -0.2) is 0 Å². The van der Waals surface area contributed by atoms with Gasteiger partial charge in [0.05, 0.1) is 11.1 Å². The van der Waals surface area contributed by atoms with Crippen molar-refractivity contribution in [3.8, 4) is 0 Å². The molecule has 0 saturated heterocycles. The second-order valence-corrected chi connectivity index (χ2v) is 4.66. The van der Waals surface area contributed by atoms with Gasteiger partial charge < -0.3 is 9.73 Å². The fraction of sp³-hybridized carbons (Fsp3) is 0.231. The molecule has 0 amide bonds. The number of nitrogens with zero attached hydrogens (tertiary/aromatic N) is 4. The molecule has 0 bridgehead atoms. The zero-order valence-corrected chi connectivity index (χ0v) is 11.5. The molecule has 21 heavy (non-hydrogen) atoms. The lowest BCUT2D eigenvalue weighted by Gasteiger charge is -2.00. The third kappa shape index (κ3) is 2.42. The molecule has 0 saturated carbocycles. The van der Waals surface area contributed by atoms with Gasteiger partial charge in [0.15, 0.2) is 5.58 Å². The molecule has 0 aliphatic rings. The van der Waals surface area contributed by atoms with E-state index in [2.05, 4.69) is 15.4 Å². The molecule has 0 aliphatic heterocycles. The SMILES string of the molecule is Cc1c(CNc2nc3cc([N+](=O)[O-])ccc3o2)cnn1C. The van der Waals surface area contributed by atoms with E-state index in [0.29, 0.717) is 23.7 Å². The number of hydrogen-bond donors (Lipinski definition) is 1. The Bertz CT molecular complexity index is 820. The standard InChI is InChI=1S/C13H13N5O3/c1-8-9(7-15-17(8)2)6-14-13-16-11-5-10(18(19)20)3-4-12(11)21-13/h3-5,7H,6H2,1-2H3,(H,14,16). The third-order valence-corrected chi connectivity index (χ3v) is 3.35. The average molecular weight is 287 g/mol. The maximum atomic E-state index is 10.7. The van der Waals surface area contributed by atoms with Crippen molar-refractivity contribution in [1.82, 2.24) is 14.8 Å². The second-order valence-electron chi connectivity index (χ2n) is 4.66. The first-order chi connectivity index (χ1) is 10.0. The van der Waals surface area contributed by atoms with E-state index >= 15 is 0 Å². The van der Waals surface area contributed by atoms with Crippen molar-refractivity contribution in [2.45, 2.75) is 13.5 Å². The number of non-ortho nitro benzene ring substituents is 1. The van der Waals surface area contributed by atoms with Crippen molar-refractivity contribution in [1.29, 1.82) is 0 Å². The summed E-state index contributed by atoms with van der Waals surface area (Å²) in [4.78, 5) is 14.5. The summed E-state index contributed by atoms with van der Waals surface area (Å²) < 4.78 is 7.28. The fourth-order valence-corrected chi connectivity index (χ4v) is 1.99. The van der Waals surface area contributed by atoms with Crippen LogP contribution in [0.3, 0.4) is 0 Å². The van der Waals surface area contributed by atoms with E-state index in [1.54, 1.807) is 16.9 Å². The largest absolute Gasteiger partial charge is 0.424 e. The molecule has 8 heteroatoms. The van der Waals surface area contributed by atoms with Crippen LogP contribution in [0, 0.1) is 17.0 Å². The Morgan fingerprint density at radius 2 is 2.29 bits per heavy atom. The van der Waals surface area contributed by atoms with Gasteiger partial charge in [-0.15, -0.1) is 0 Å². The second kappa shape index (κ2) is 4.89. The van der Waals surface area contributed by atoms with Crippen molar-refractivity contribution in [3.63, 3.8) is 0 Å². The van der Waals surface area contributed by atoms with Gasteiger partial charge in [0.1, 0.15) is 5.52 Å². The summed E-state index contributed by atoms with van der Waals surface area (Å²) in [6.07, 6.45) is 1.77. The summed E-state index contributed by atoms with van der Waals surface area (Å²) in [5.74, 6) is 0. The highest BCUT2D eigenvalue weighted by Gasteiger charge is 2.12. The van der Waals surface area contributed by atoms with Crippen LogP contribution < -0.4 is 5.32 Å². The predicted octanol–water partition coefficient (Wildman–Crippen LogP) is 2.39. The van der Waals surface area contributed by atoms with Gasteiger partial charge in [-0.05, 0) is 13.0 Å². The van der Waals surface area contributed by atoms with Crippen LogP contribution in [0.1, 0.15) is 11.3 Å². The minimum absolute atomic E-state index is 0.00884. The zero-order valence-electron chi connectivity index (χ0n) is 11.5. The normalized spacial score (nSPS) is 11.0. The van der Waals surface area contributed by atoms with Gasteiger partial charge in [0.25, 0.3) is 11.7 Å². The quantitative estimate of drug-likeness (QED) is 0.584. The Labute approximate surface area is 119 Å². The van der Waals surface area contributed by atoms with Crippen LogP contribution in [0.5, 0.6) is 0 Å². The number of rotatable bonds is 4. The first-order valence-electron chi connectivity index (χ1n) is 6.31. The van der Waals surface area contributed by atoms with E-state index in [-0.39, 0.29) is 5.69 Å². The fourth-order valence-electron chi connectivity index (χ4n) is 1.99. The molecule has 0 atom stereocenters. The molecular weight excluding hydrogens is 274 g/mol. The Hall–Kier alpha value is -2.90. The van der Waals surface area contributed by atoms with Crippen LogP contribution in [0.4, 0.5) is 11.7 Å². The number of nitro benzene ring substituents is 1. The summed E-state index contributed by atoms with van der Waals surface area (Å²) in [5.41, 5.74) is 3.03. The van der Waals surface area contributed by atoms with E-state index in [4.69, 9.17) is 4.42 Å². The number of benzene rings is 1. The number of aromatic nitrogens is 3. The monoisotopic (exact) mass is 287 g/mol. The lowest BCUT2D eigenvalue weighted by atomic mass is 10.2. The van der Waals surface area contributed by atoms with E-state index in [1.807, 2.05) is 14.0 Å². The van der Waals surface area contributed by atoms with Gasteiger partial charge >= 0.3 is 0 Å². The number of nitro groups is 1. The van der Waals surface area contributed by atoms with Crippen molar-refractivity contribution in [2.75, 3.05) is 5.32 Å². The van der Waals surface area contributed by atoms with Gasteiger partial charge in [-0.3, -0.25) is 14.8 Å². The molecule has 0 fully saturated rings. The van der Waals surface area contributed by atoms with Crippen LogP contribution in [-0.4, -0.2) is 19.7 Å². The maximum absolute atomic E-state index is 10.7. The molecule has 2 heterocycles. The molecule has 3 aromatic rings. The van der Waals surface area contributed by atoms with E-state index < -0.39 is 4.92 Å². The Kier molecular flexibility index (Phi) is 3.05. The van der Waals surface area contributed by atoms with Crippen molar-refractivity contribution in [2.24, 2.45) is 7.05 Å². The third-order valence-electron chi connectivity index (χ3n) is 3.35. The lowest BCUT2D eigenvalue weighted by Crippen LogP contribution is -2.01. The highest BCUT2D eigenvalue weighted by Crippen LogP contribution is 2.23. The first kappa shape index (κ1) is 13.1. The van der Waals surface area contributed by atoms with Crippen LogP contribution in [-0.2, 0) is 13.6 Å². The predicted molar refractivity (Wildman–Crippen MR) is 75.9 cm³/mol. The molecule has 0 unspecified atom stereocenters. The first-order valence-corrected chi connectivity index (χ1v) is 6.31. The molecule has 0 spiro atoms. The van der Waals surface area contributed by atoms with Gasteiger partial charge in [-0.2, -0.15) is 10.1 Å². The van der Waals surface area contributed by atoms with Crippen LogP contribution in [0.25, 0.3) is 11.1 Å². The van der Waals surface area contributed by atoms with Crippen molar-refractivity contribution < 1.29 is 9.34 Å². The number of hydrogen-bond acceptors (Lipinski definition) is 6. The van der Waals surface area contributed by atoms with Crippen molar-refractivity contribution in [3.05, 3.63) is 45.8 Å². The molecule has 2 aromatic heterocycles. The number of oxazole rings is 1. The highest BCUT2D eigenvalue weighted by atomic mass is 16.6. The molecule has 0 aliphatic carbocycles.